The Balaban J connectivity index is 4.07. The van der Waals surface area contributed by atoms with Crippen molar-refractivity contribution < 1.29 is 37.3 Å². The van der Waals surface area contributed by atoms with E-state index in [2.05, 4.69) is 79.8 Å². The Labute approximate surface area is 281 Å². The fraction of sp³-hybridized carbons (Fsp3) is 0.649. The molecular formula is C37H65NO7P+. The van der Waals surface area contributed by atoms with Crippen LogP contribution >= 0.6 is 7.82 Å². The van der Waals surface area contributed by atoms with Gasteiger partial charge in [-0.1, -0.05) is 99.6 Å². The van der Waals surface area contributed by atoms with E-state index in [0.717, 1.165) is 77.0 Å². The first-order valence-corrected chi connectivity index (χ1v) is 18.7. The van der Waals surface area contributed by atoms with E-state index in [1.54, 1.807) is 0 Å². The van der Waals surface area contributed by atoms with E-state index < -0.39 is 13.9 Å². The number of carbonyl (C=O) groups is 1. The Bertz CT molecular complexity index is 963. The van der Waals surface area contributed by atoms with Crippen molar-refractivity contribution in [2.45, 2.75) is 103 Å². The van der Waals surface area contributed by atoms with Crippen LogP contribution in [-0.4, -0.2) is 75.6 Å². The molecule has 0 aromatic heterocycles. The van der Waals surface area contributed by atoms with E-state index in [0.29, 0.717) is 24.1 Å². The van der Waals surface area contributed by atoms with Crippen LogP contribution in [-0.2, 0) is 27.9 Å². The number of unbranched alkanes of at least 4 members (excludes halogenated alkanes) is 4. The molecule has 264 valence electrons. The van der Waals surface area contributed by atoms with Crippen LogP contribution in [0.1, 0.15) is 97.3 Å². The Morgan fingerprint density at radius 3 is 1.76 bits per heavy atom. The van der Waals surface area contributed by atoms with Crippen LogP contribution in [0.15, 0.2) is 72.9 Å². The molecule has 9 heteroatoms. The van der Waals surface area contributed by atoms with Crippen molar-refractivity contribution >= 4 is 13.8 Å². The predicted molar refractivity (Wildman–Crippen MR) is 192 cm³/mol. The third-order valence-corrected chi connectivity index (χ3v) is 7.52. The maximum Gasteiger partial charge on any atom is 0.472 e. The van der Waals surface area contributed by atoms with Crippen LogP contribution < -0.4 is 0 Å². The lowest BCUT2D eigenvalue weighted by Gasteiger charge is -2.24. The Hall–Kier alpha value is -2.06. The Morgan fingerprint density at radius 2 is 1.24 bits per heavy atom. The van der Waals surface area contributed by atoms with Gasteiger partial charge in [0.15, 0.2) is 0 Å². The zero-order valence-electron chi connectivity index (χ0n) is 29.5. The van der Waals surface area contributed by atoms with Gasteiger partial charge in [-0.15, -0.1) is 0 Å². The van der Waals surface area contributed by atoms with Crippen LogP contribution in [0.4, 0.5) is 0 Å². The van der Waals surface area contributed by atoms with Crippen molar-refractivity contribution in [2.75, 3.05) is 54.1 Å². The molecule has 8 nitrogen and oxygen atoms in total. The molecule has 0 aliphatic carbocycles. The third kappa shape index (κ3) is 33.3. The molecule has 0 aromatic carbocycles. The molecule has 0 spiro atoms. The SMILES string of the molecule is CC/C=C\C/C=C\C/C=C\C/C=C\C/C=C\C/C=C\CCCCCOCC(COP(=O)(O)OCC[N+](C)(C)C)OC(=O)CCCC. The second-order valence-corrected chi connectivity index (χ2v) is 13.6. The highest BCUT2D eigenvalue weighted by molar-refractivity contribution is 7.47. The number of allylic oxidation sites excluding steroid dienone is 12. The lowest BCUT2D eigenvalue weighted by molar-refractivity contribution is -0.870. The van der Waals surface area contributed by atoms with E-state index in [-0.39, 0.29) is 25.8 Å². The smallest absolute Gasteiger partial charge is 0.457 e. The molecule has 0 aliphatic rings. The van der Waals surface area contributed by atoms with Crippen molar-refractivity contribution in [1.29, 1.82) is 0 Å². The summed E-state index contributed by atoms with van der Waals surface area (Å²) in [6.07, 6.45) is 37.6. The second-order valence-electron chi connectivity index (χ2n) is 12.2. The fourth-order valence-electron chi connectivity index (χ4n) is 3.82. The minimum Gasteiger partial charge on any atom is -0.457 e. The van der Waals surface area contributed by atoms with Crippen LogP contribution in [0.2, 0.25) is 0 Å². The third-order valence-electron chi connectivity index (χ3n) is 6.53. The average Bonchev–Trinajstić information content (AvgIpc) is 3.00. The van der Waals surface area contributed by atoms with Gasteiger partial charge in [-0.05, 0) is 64.2 Å². The normalized spacial score (nSPS) is 15.0. The van der Waals surface area contributed by atoms with Gasteiger partial charge in [0.05, 0.1) is 34.4 Å². The van der Waals surface area contributed by atoms with Crippen LogP contribution in [0, 0.1) is 0 Å². The summed E-state index contributed by atoms with van der Waals surface area (Å²) in [5, 5.41) is 0. The maximum absolute atomic E-state index is 12.3. The summed E-state index contributed by atoms with van der Waals surface area (Å²) in [5.74, 6) is -0.367. The molecule has 2 unspecified atom stereocenters. The molecule has 1 N–H and O–H groups in total. The van der Waals surface area contributed by atoms with E-state index in [4.69, 9.17) is 18.5 Å². The van der Waals surface area contributed by atoms with Crippen LogP contribution in [0.25, 0.3) is 0 Å². The summed E-state index contributed by atoms with van der Waals surface area (Å²) in [5.41, 5.74) is 0. The number of quaternary nitrogens is 1. The minimum absolute atomic E-state index is 0.0767. The number of nitrogens with zero attached hydrogens (tertiary/aromatic N) is 1. The van der Waals surface area contributed by atoms with E-state index >= 15 is 0 Å². The number of hydrogen-bond donors (Lipinski definition) is 1. The lowest BCUT2D eigenvalue weighted by atomic mass is 10.2. The van der Waals surface area contributed by atoms with Gasteiger partial charge in [0.1, 0.15) is 19.3 Å². The van der Waals surface area contributed by atoms with Gasteiger partial charge in [-0.2, -0.15) is 0 Å². The molecule has 0 radical (unpaired) electrons. The first kappa shape index (κ1) is 43.9. The zero-order chi connectivity index (χ0) is 34.2. The molecule has 0 fully saturated rings. The van der Waals surface area contributed by atoms with Crippen molar-refractivity contribution in [2.24, 2.45) is 0 Å². The van der Waals surface area contributed by atoms with E-state index in [1.807, 2.05) is 28.1 Å². The Kier molecular flexibility index (Phi) is 28.9. The number of likely N-dealkylation sites (N-methyl/N-ethyl adjacent to an activating group) is 1. The van der Waals surface area contributed by atoms with Gasteiger partial charge in [-0.3, -0.25) is 13.8 Å². The highest BCUT2D eigenvalue weighted by Gasteiger charge is 2.26. The minimum atomic E-state index is -4.26. The molecule has 0 saturated carbocycles. The average molecular weight is 667 g/mol. The molecular weight excluding hydrogens is 601 g/mol. The number of ether oxygens (including phenoxy) is 2. The molecule has 2 atom stereocenters. The molecule has 0 saturated heterocycles. The maximum atomic E-state index is 12.3. The number of phosphoric acid groups is 1. The first-order valence-electron chi connectivity index (χ1n) is 17.2. The topological polar surface area (TPSA) is 91.3 Å². The quantitative estimate of drug-likeness (QED) is 0.0269. The van der Waals surface area contributed by atoms with Crippen molar-refractivity contribution in [1.82, 2.24) is 0 Å². The summed E-state index contributed by atoms with van der Waals surface area (Å²) in [7, 11) is 1.62. The summed E-state index contributed by atoms with van der Waals surface area (Å²) < 4.78 is 34.2. The zero-order valence-corrected chi connectivity index (χ0v) is 30.4. The number of rotatable bonds is 30. The van der Waals surface area contributed by atoms with Crippen molar-refractivity contribution in [3.63, 3.8) is 0 Å². The van der Waals surface area contributed by atoms with Gasteiger partial charge in [-0.25, -0.2) is 4.57 Å². The molecule has 46 heavy (non-hydrogen) atoms. The summed E-state index contributed by atoms with van der Waals surface area (Å²) in [4.78, 5) is 22.1. The largest absolute Gasteiger partial charge is 0.472 e. The summed E-state index contributed by atoms with van der Waals surface area (Å²) in [6.45, 7) is 5.12. The number of hydrogen-bond acceptors (Lipinski definition) is 6. The van der Waals surface area contributed by atoms with Crippen molar-refractivity contribution in [3.8, 4) is 0 Å². The number of phosphoric ester groups is 1. The van der Waals surface area contributed by atoms with Gasteiger partial charge < -0.3 is 18.9 Å². The fourth-order valence-corrected chi connectivity index (χ4v) is 4.57. The van der Waals surface area contributed by atoms with Gasteiger partial charge >= 0.3 is 13.8 Å². The highest BCUT2D eigenvalue weighted by Crippen LogP contribution is 2.43. The molecule has 0 heterocycles. The van der Waals surface area contributed by atoms with Crippen LogP contribution in [0.5, 0.6) is 0 Å². The Morgan fingerprint density at radius 1 is 0.696 bits per heavy atom. The molecule has 0 aromatic rings. The van der Waals surface area contributed by atoms with E-state index in [9.17, 15) is 14.3 Å². The highest BCUT2D eigenvalue weighted by atomic mass is 31.2. The van der Waals surface area contributed by atoms with Gasteiger partial charge in [0.2, 0.25) is 0 Å². The standard InChI is InChI=1S/C37H64NO7P/c1-6-8-10-11-12-13-14-15-16-17-18-19-20-21-22-23-24-25-26-27-28-29-32-42-34-36(45-37(39)30-9-7-2)35-44-46(40,41)43-33-31-38(3,4)5/h8,10,12-13,15-16,18-19,21-22,24-25,36H,6-7,9,11,14,17,20,23,26-35H2,1-5H3/p+1/b10-8-,13-12-,16-15-,19-18-,22-21-,25-24-. The molecule has 0 aliphatic heterocycles. The summed E-state index contributed by atoms with van der Waals surface area (Å²) >= 11 is 0. The monoisotopic (exact) mass is 666 g/mol. The molecule has 0 rings (SSSR count). The second kappa shape index (κ2) is 30.3. The number of esters is 1. The van der Waals surface area contributed by atoms with Gasteiger partial charge in [0, 0.05) is 13.0 Å². The van der Waals surface area contributed by atoms with Gasteiger partial charge in [0.25, 0.3) is 0 Å². The molecule has 0 amide bonds. The first-order chi connectivity index (χ1) is 22.1. The van der Waals surface area contributed by atoms with Crippen LogP contribution in [0.3, 0.4) is 0 Å². The lowest BCUT2D eigenvalue weighted by Crippen LogP contribution is -2.37. The van der Waals surface area contributed by atoms with Crippen molar-refractivity contribution in [3.05, 3.63) is 72.9 Å². The molecule has 0 bridgehead atoms. The van der Waals surface area contributed by atoms with E-state index in [1.165, 1.54) is 0 Å². The predicted octanol–water partition coefficient (Wildman–Crippen LogP) is 9.20. The summed E-state index contributed by atoms with van der Waals surface area (Å²) in [6, 6.07) is 0. The number of carbonyl (C=O) groups excluding carboxylic acids is 1.